The Kier molecular flexibility index (Phi) is 2.92. The molecule has 2 aromatic heterocycles. The maximum absolute atomic E-state index is 11.3. The van der Waals surface area contributed by atoms with E-state index in [4.69, 9.17) is 5.11 Å². The molecule has 1 aromatic carbocycles. The van der Waals surface area contributed by atoms with Gasteiger partial charge in [0.15, 0.2) is 11.5 Å². The highest BCUT2D eigenvalue weighted by atomic mass is 16.4. The maximum Gasteiger partial charge on any atom is 0.357 e. The fraction of sp³-hybridized carbons (Fsp3) is 0.0714. The van der Waals surface area contributed by atoms with Crippen molar-refractivity contribution in [2.45, 2.75) is 6.61 Å². The number of hydrogen-bond donors (Lipinski definition) is 2. The van der Waals surface area contributed by atoms with Crippen molar-refractivity contribution in [3.63, 3.8) is 0 Å². The lowest BCUT2D eigenvalue weighted by Gasteiger charge is -2.02. The summed E-state index contributed by atoms with van der Waals surface area (Å²) in [6.45, 7) is -0.149. The van der Waals surface area contributed by atoms with Crippen LogP contribution in [-0.4, -0.2) is 30.9 Å². The fourth-order valence-electron chi connectivity index (χ4n) is 2.08. The molecule has 0 amide bonds. The van der Waals surface area contributed by atoms with E-state index < -0.39 is 5.97 Å². The second-order valence-electron chi connectivity index (χ2n) is 4.26. The molecule has 0 fully saturated rings. The summed E-state index contributed by atoms with van der Waals surface area (Å²) in [5, 5.41) is 23.0. The van der Waals surface area contributed by atoms with Crippen LogP contribution in [0.1, 0.15) is 16.1 Å². The van der Waals surface area contributed by atoms with Crippen molar-refractivity contribution in [3.05, 3.63) is 53.9 Å². The summed E-state index contributed by atoms with van der Waals surface area (Å²) in [4.78, 5) is 15.5. The first-order valence-electron chi connectivity index (χ1n) is 5.98. The number of aromatic nitrogens is 3. The Bertz CT molecular complexity index is 781. The zero-order chi connectivity index (χ0) is 14.1. The van der Waals surface area contributed by atoms with Crippen LogP contribution in [-0.2, 0) is 6.61 Å². The summed E-state index contributed by atoms with van der Waals surface area (Å²) in [6.07, 6.45) is 1.62. The average Bonchev–Trinajstić information content (AvgIpc) is 2.87. The minimum atomic E-state index is -1.11. The van der Waals surface area contributed by atoms with E-state index in [1.54, 1.807) is 42.6 Å². The minimum absolute atomic E-state index is 0.0547. The van der Waals surface area contributed by atoms with Gasteiger partial charge in [0.2, 0.25) is 0 Å². The van der Waals surface area contributed by atoms with Gasteiger partial charge >= 0.3 is 5.97 Å². The molecule has 20 heavy (non-hydrogen) atoms. The van der Waals surface area contributed by atoms with E-state index in [2.05, 4.69) is 10.1 Å². The zero-order valence-corrected chi connectivity index (χ0v) is 10.4. The predicted octanol–water partition coefficient (Wildman–Crippen LogP) is 1.61. The van der Waals surface area contributed by atoms with E-state index in [0.717, 1.165) is 0 Å². The highest BCUT2D eigenvalue weighted by Crippen LogP contribution is 2.23. The molecule has 6 heteroatoms. The van der Waals surface area contributed by atoms with Crippen LogP contribution >= 0.6 is 0 Å². The molecule has 100 valence electrons. The third-order valence-corrected chi connectivity index (χ3v) is 3.00. The summed E-state index contributed by atoms with van der Waals surface area (Å²) in [7, 11) is 0. The van der Waals surface area contributed by atoms with Crippen LogP contribution in [0.5, 0.6) is 0 Å². The third kappa shape index (κ3) is 1.92. The number of fused-ring (bicyclic) bond motifs is 1. The SMILES string of the molecule is O=C(O)c1nn(-c2ccccn2)c2ccc(CO)cc12. The van der Waals surface area contributed by atoms with Gasteiger partial charge in [-0.1, -0.05) is 12.1 Å². The summed E-state index contributed by atoms with van der Waals surface area (Å²) in [5.74, 6) is -0.568. The first-order chi connectivity index (χ1) is 9.70. The van der Waals surface area contributed by atoms with Gasteiger partial charge in [-0.15, -0.1) is 0 Å². The third-order valence-electron chi connectivity index (χ3n) is 3.00. The molecule has 3 rings (SSSR count). The van der Waals surface area contributed by atoms with E-state index in [0.29, 0.717) is 22.3 Å². The monoisotopic (exact) mass is 269 g/mol. The second kappa shape index (κ2) is 4.75. The van der Waals surface area contributed by atoms with Crippen LogP contribution < -0.4 is 0 Å². The van der Waals surface area contributed by atoms with Crippen LogP contribution in [0.4, 0.5) is 0 Å². The largest absolute Gasteiger partial charge is 0.476 e. The number of aliphatic hydroxyl groups is 1. The van der Waals surface area contributed by atoms with Crippen molar-refractivity contribution in [2.24, 2.45) is 0 Å². The van der Waals surface area contributed by atoms with Gasteiger partial charge in [0, 0.05) is 11.6 Å². The van der Waals surface area contributed by atoms with Gasteiger partial charge in [-0.3, -0.25) is 0 Å². The number of carbonyl (C=O) groups is 1. The molecule has 0 bridgehead atoms. The Morgan fingerprint density at radius 1 is 1.25 bits per heavy atom. The Morgan fingerprint density at radius 3 is 2.75 bits per heavy atom. The molecule has 0 unspecified atom stereocenters. The Balaban J connectivity index is 2.31. The quantitative estimate of drug-likeness (QED) is 0.754. The van der Waals surface area contributed by atoms with Crippen LogP contribution in [0.25, 0.3) is 16.7 Å². The minimum Gasteiger partial charge on any atom is -0.476 e. The first kappa shape index (κ1) is 12.3. The fourth-order valence-corrected chi connectivity index (χ4v) is 2.08. The molecule has 2 N–H and O–H groups in total. The number of carboxylic acid groups (broad SMARTS) is 1. The molecule has 0 aliphatic carbocycles. The highest BCUT2D eigenvalue weighted by molar-refractivity contribution is 6.01. The van der Waals surface area contributed by atoms with Gasteiger partial charge in [0.25, 0.3) is 0 Å². The molecule has 0 saturated carbocycles. The van der Waals surface area contributed by atoms with E-state index in [-0.39, 0.29) is 12.3 Å². The van der Waals surface area contributed by atoms with Crippen LogP contribution in [0.3, 0.4) is 0 Å². The number of hydrogen-bond acceptors (Lipinski definition) is 4. The van der Waals surface area contributed by atoms with Gasteiger partial charge < -0.3 is 10.2 Å². The normalized spacial score (nSPS) is 10.8. The van der Waals surface area contributed by atoms with E-state index in [1.165, 1.54) is 4.68 Å². The van der Waals surface area contributed by atoms with Gasteiger partial charge in [0.1, 0.15) is 0 Å². The summed E-state index contributed by atoms with van der Waals surface area (Å²) in [6, 6.07) is 10.4. The lowest BCUT2D eigenvalue weighted by molar-refractivity contribution is 0.0692. The molecular formula is C14H11N3O3. The number of benzene rings is 1. The summed E-state index contributed by atoms with van der Waals surface area (Å²) >= 11 is 0. The topological polar surface area (TPSA) is 88.2 Å². The zero-order valence-electron chi connectivity index (χ0n) is 10.4. The first-order valence-corrected chi connectivity index (χ1v) is 5.98. The molecule has 2 heterocycles. The number of pyridine rings is 1. The van der Waals surface area contributed by atoms with Crippen molar-refractivity contribution in [1.29, 1.82) is 0 Å². The van der Waals surface area contributed by atoms with Crippen LogP contribution in [0, 0.1) is 0 Å². The van der Waals surface area contributed by atoms with Crippen LogP contribution in [0.15, 0.2) is 42.6 Å². The summed E-state index contributed by atoms with van der Waals surface area (Å²) in [5.41, 5.74) is 1.22. The Morgan fingerprint density at radius 2 is 2.10 bits per heavy atom. The second-order valence-corrected chi connectivity index (χ2v) is 4.26. The smallest absolute Gasteiger partial charge is 0.357 e. The molecule has 3 aromatic rings. The van der Waals surface area contributed by atoms with Gasteiger partial charge in [-0.2, -0.15) is 5.10 Å². The Labute approximate surface area is 113 Å². The number of rotatable bonds is 3. The molecule has 0 radical (unpaired) electrons. The lowest BCUT2D eigenvalue weighted by atomic mass is 10.1. The number of aromatic carboxylic acids is 1. The predicted molar refractivity (Wildman–Crippen MR) is 71.7 cm³/mol. The summed E-state index contributed by atoms with van der Waals surface area (Å²) < 4.78 is 1.49. The van der Waals surface area contributed by atoms with E-state index in [1.807, 2.05) is 0 Å². The standard InChI is InChI=1S/C14H11N3O3/c18-8-9-4-5-11-10(7-9)13(14(19)20)16-17(11)12-3-1-2-6-15-12/h1-7,18H,8H2,(H,19,20). The highest BCUT2D eigenvalue weighted by Gasteiger charge is 2.17. The number of carboxylic acids is 1. The lowest BCUT2D eigenvalue weighted by Crippen LogP contribution is -2.02. The van der Waals surface area contributed by atoms with Crippen molar-refractivity contribution >= 4 is 16.9 Å². The molecule has 6 nitrogen and oxygen atoms in total. The molecule has 0 aliphatic rings. The molecule has 0 atom stereocenters. The maximum atomic E-state index is 11.3. The van der Waals surface area contributed by atoms with E-state index in [9.17, 15) is 9.90 Å². The van der Waals surface area contributed by atoms with Crippen molar-refractivity contribution < 1.29 is 15.0 Å². The molecule has 0 aliphatic heterocycles. The average molecular weight is 269 g/mol. The molecule has 0 saturated heterocycles. The van der Waals surface area contributed by atoms with Gasteiger partial charge in [-0.25, -0.2) is 14.5 Å². The van der Waals surface area contributed by atoms with Gasteiger partial charge in [0.05, 0.1) is 12.1 Å². The van der Waals surface area contributed by atoms with Crippen LogP contribution in [0.2, 0.25) is 0 Å². The van der Waals surface area contributed by atoms with E-state index >= 15 is 0 Å². The number of nitrogens with zero attached hydrogens (tertiary/aromatic N) is 3. The van der Waals surface area contributed by atoms with Crippen molar-refractivity contribution in [3.8, 4) is 5.82 Å². The number of aliphatic hydroxyl groups excluding tert-OH is 1. The van der Waals surface area contributed by atoms with Crippen molar-refractivity contribution in [1.82, 2.24) is 14.8 Å². The Hall–Kier alpha value is -2.73. The van der Waals surface area contributed by atoms with Gasteiger partial charge in [-0.05, 0) is 29.8 Å². The molecule has 0 spiro atoms. The molecular weight excluding hydrogens is 258 g/mol. The van der Waals surface area contributed by atoms with Crippen molar-refractivity contribution in [2.75, 3.05) is 0 Å².